The van der Waals surface area contributed by atoms with E-state index in [9.17, 15) is 0 Å². The smallest absolute Gasteiger partial charge is 0.174 e. The lowest BCUT2D eigenvalue weighted by Gasteiger charge is -2.20. The zero-order valence-electron chi connectivity index (χ0n) is 12.3. The number of hydrogen-bond acceptors (Lipinski definition) is 4. The molecule has 1 atom stereocenters. The van der Waals surface area contributed by atoms with Gasteiger partial charge in [0.25, 0.3) is 0 Å². The van der Waals surface area contributed by atoms with E-state index in [0.717, 1.165) is 34.6 Å². The van der Waals surface area contributed by atoms with E-state index in [1.165, 1.54) is 0 Å². The van der Waals surface area contributed by atoms with Gasteiger partial charge in [0.1, 0.15) is 0 Å². The lowest BCUT2D eigenvalue weighted by atomic mass is 10.2. The third-order valence-corrected chi connectivity index (χ3v) is 3.73. The summed E-state index contributed by atoms with van der Waals surface area (Å²) in [5.41, 5.74) is 1.16. The second kappa shape index (κ2) is 7.72. The molecule has 0 saturated heterocycles. The number of likely N-dealkylation sites (N-methyl/N-ethyl adjacent to an activating group) is 1. The van der Waals surface area contributed by atoms with Crippen molar-refractivity contribution in [2.45, 2.75) is 19.5 Å². The number of nitrogens with one attached hydrogen (secondary N) is 1. The van der Waals surface area contributed by atoms with E-state index >= 15 is 0 Å². The first-order chi connectivity index (χ1) is 8.99. The quantitative estimate of drug-likeness (QED) is 0.832. The Morgan fingerprint density at radius 3 is 2.47 bits per heavy atom. The normalized spacial score (nSPS) is 12.6. The van der Waals surface area contributed by atoms with Crippen LogP contribution in [0.15, 0.2) is 16.6 Å². The molecule has 0 aliphatic rings. The lowest BCUT2D eigenvalue weighted by molar-refractivity contribution is 0.302. The maximum Gasteiger partial charge on any atom is 0.174 e. The van der Waals surface area contributed by atoms with Gasteiger partial charge in [-0.25, -0.2) is 0 Å². The van der Waals surface area contributed by atoms with Crippen LogP contribution in [0.1, 0.15) is 12.5 Å². The third-order valence-electron chi connectivity index (χ3n) is 3.14. The van der Waals surface area contributed by atoms with Crippen molar-refractivity contribution < 1.29 is 9.47 Å². The van der Waals surface area contributed by atoms with Crippen molar-refractivity contribution in [1.82, 2.24) is 10.2 Å². The second-order valence-electron chi connectivity index (χ2n) is 4.76. The van der Waals surface area contributed by atoms with Gasteiger partial charge in [0.2, 0.25) is 0 Å². The molecule has 4 nitrogen and oxygen atoms in total. The molecule has 108 valence electrons. The minimum absolute atomic E-state index is 0.503. The molecule has 0 bridgehead atoms. The molecule has 0 heterocycles. The predicted octanol–water partition coefficient (Wildman–Crippen LogP) is 2.51. The molecule has 0 saturated carbocycles. The van der Waals surface area contributed by atoms with Crippen molar-refractivity contribution in [3.8, 4) is 11.5 Å². The second-order valence-corrected chi connectivity index (χ2v) is 5.61. The van der Waals surface area contributed by atoms with Crippen molar-refractivity contribution in [2.24, 2.45) is 0 Å². The fourth-order valence-corrected chi connectivity index (χ4v) is 2.33. The molecular formula is C14H23BrN2O2. The van der Waals surface area contributed by atoms with Crippen LogP contribution in [0.5, 0.6) is 11.5 Å². The molecule has 1 aromatic carbocycles. The molecule has 1 aromatic rings. The molecule has 0 aliphatic heterocycles. The van der Waals surface area contributed by atoms with Crippen LogP contribution in [0, 0.1) is 0 Å². The van der Waals surface area contributed by atoms with E-state index in [1.807, 2.05) is 6.07 Å². The minimum atomic E-state index is 0.503. The van der Waals surface area contributed by atoms with Crippen LogP contribution in [0.4, 0.5) is 0 Å². The predicted molar refractivity (Wildman–Crippen MR) is 82.1 cm³/mol. The highest BCUT2D eigenvalue weighted by Gasteiger charge is 2.10. The number of halogens is 1. The van der Waals surface area contributed by atoms with Gasteiger partial charge in [0.15, 0.2) is 11.5 Å². The topological polar surface area (TPSA) is 33.7 Å². The maximum atomic E-state index is 5.33. The molecule has 0 amide bonds. The Labute approximate surface area is 124 Å². The van der Waals surface area contributed by atoms with E-state index < -0.39 is 0 Å². The van der Waals surface area contributed by atoms with Crippen molar-refractivity contribution in [3.05, 3.63) is 22.2 Å². The van der Waals surface area contributed by atoms with Crippen LogP contribution >= 0.6 is 15.9 Å². The standard InChI is InChI=1S/C14H23BrN2O2/c1-10(17(2)3)8-16-9-11-6-12(15)14(19-5)13(7-11)18-4/h6-7,10,16H,8-9H2,1-5H3. The first kappa shape index (κ1) is 16.3. The summed E-state index contributed by atoms with van der Waals surface area (Å²) in [4.78, 5) is 2.19. The Balaban J connectivity index is 2.67. The van der Waals surface area contributed by atoms with Gasteiger partial charge in [-0.05, 0) is 54.6 Å². The Morgan fingerprint density at radius 2 is 1.95 bits per heavy atom. The summed E-state index contributed by atoms with van der Waals surface area (Å²) in [7, 11) is 7.45. The van der Waals surface area contributed by atoms with E-state index in [0.29, 0.717) is 6.04 Å². The van der Waals surface area contributed by atoms with Crippen LogP contribution < -0.4 is 14.8 Å². The molecule has 0 spiro atoms. The number of hydrogen-bond donors (Lipinski definition) is 1. The van der Waals surface area contributed by atoms with Crippen LogP contribution in [0.3, 0.4) is 0 Å². The summed E-state index contributed by atoms with van der Waals surface area (Å²) in [6.45, 7) is 3.94. The number of ether oxygens (including phenoxy) is 2. The molecule has 1 rings (SSSR count). The number of methoxy groups -OCH3 is 2. The summed E-state index contributed by atoms with van der Waals surface area (Å²) in [6, 6.07) is 4.55. The Morgan fingerprint density at radius 1 is 1.26 bits per heavy atom. The summed E-state index contributed by atoms with van der Waals surface area (Å²) in [5.74, 6) is 1.47. The first-order valence-electron chi connectivity index (χ1n) is 6.27. The van der Waals surface area contributed by atoms with E-state index in [2.05, 4.69) is 53.2 Å². The molecule has 0 aliphatic carbocycles. The van der Waals surface area contributed by atoms with Gasteiger partial charge < -0.3 is 19.7 Å². The SMILES string of the molecule is COc1cc(CNCC(C)N(C)C)cc(Br)c1OC. The summed E-state index contributed by atoms with van der Waals surface area (Å²) < 4.78 is 11.5. The van der Waals surface area contributed by atoms with Gasteiger partial charge in [0, 0.05) is 19.1 Å². The van der Waals surface area contributed by atoms with Crippen LogP contribution in [-0.2, 0) is 6.54 Å². The number of rotatable bonds is 7. The molecule has 0 fully saturated rings. The van der Waals surface area contributed by atoms with Crippen molar-refractivity contribution in [3.63, 3.8) is 0 Å². The first-order valence-corrected chi connectivity index (χ1v) is 7.06. The minimum Gasteiger partial charge on any atom is -0.493 e. The van der Waals surface area contributed by atoms with Crippen LogP contribution in [0.2, 0.25) is 0 Å². The molecular weight excluding hydrogens is 308 g/mol. The summed E-state index contributed by atoms with van der Waals surface area (Å²) in [5, 5.41) is 3.44. The zero-order valence-corrected chi connectivity index (χ0v) is 13.9. The molecule has 1 unspecified atom stereocenters. The van der Waals surface area contributed by atoms with Gasteiger partial charge in [-0.1, -0.05) is 0 Å². The van der Waals surface area contributed by atoms with E-state index in [-0.39, 0.29) is 0 Å². The van der Waals surface area contributed by atoms with Gasteiger partial charge in [-0.2, -0.15) is 0 Å². The monoisotopic (exact) mass is 330 g/mol. The highest BCUT2D eigenvalue weighted by Crippen LogP contribution is 2.36. The van der Waals surface area contributed by atoms with Crippen molar-refractivity contribution in [2.75, 3.05) is 34.9 Å². The van der Waals surface area contributed by atoms with E-state index in [4.69, 9.17) is 9.47 Å². The van der Waals surface area contributed by atoms with E-state index in [1.54, 1.807) is 14.2 Å². The highest BCUT2D eigenvalue weighted by atomic mass is 79.9. The van der Waals surface area contributed by atoms with Gasteiger partial charge in [-0.15, -0.1) is 0 Å². The maximum absolute atomic E-state index is 5.33. The third kappa shape index (κ3) is 4.67. The lowest BCUT2D eigenvalue weighted by Crippen LogP contribution is -2.35. The van der Waals surface area contributed by atoms with Crippen LogP contribution in [-0.4, -0.2) is 45.8 Å². The number of nitrogens with zero attached hydrogens (tertiary/aromatic N) is 1. The average Bonchev–Trinajstić information content (AvgIpc) is 2.37. The molecule has 0 aromatic heterocycles. The van der Waals surface area contributed by atoms with Crippen molar-refractivity contribution in [1.29, 1.82) is 0 Å². The zero-order chi connectivity index (χ0) is 14.4. The van der Waals surface area contributed by atoms with Crippen molar-refractivity contribution >= 4 is 15.9 Å². The number of benzene rings is 1. The van der Waals surface area contributed by atoms with Gasteiger partial charge in [0.05, 0.1) is 18.7 Å². The fraction of sp³-hybridized carbons (Fsp3) is 0.571. The average molecular weight is 331 g/mol. The Hall–Kier alpha value is -0.780. The molecule has 1 N–H and O–H groups in total. The Kier molecular flexibility index (Phi) is 6.62. The molecule has 0 radical (unpaired) electrons. The van der Waals surface area contributed by atoms with Gasteiger partial charge in [-0.3, -0.25) is 0 Å². The highest BCUT2D eigenvalue weighted by molar-refractivity contribution is 9.10. The summed E-state index contributed by atoms with van der Waals surface area (Å²) >= 11 is 3.50. The van der Waals surface area contributed by atoms with Gasteiger partial charge >= 0.3 is 0 Å². The summed E-state index contributed by atoms with van der Waals surface area (Å²) in [6.07, 6.45) is 0. The Bertz CT molecular complexity index is 411. The molecule has 19 heavy (non-hydrogen) atoms. The largest absolute Gasteiger partial charge is 0.493 e. The fourth-order valence-electron chi connectivity index (χ4n) is 1.68. The van der Waals surface area contributed by atoms with Crippen LogP contribution in [0.25, 0.3) is 0 Å². The molecule has 5 heteroatoms.